The molecule has 0 spiro atoms. The standard InChI is InChI=1S/C11H13FN6/c1-18(8-4-2-3-7(12)5-8)10-6-9(17-14)15-11(13)16-10/h2-6H,14H2,1H3,(H3,13,15,16,17). The van der Waals surface area contributed by atoms with Crippen LogP contribution in [-0.4, -0.2) is 17.0 Å². The number of hydrogen-bond acceptors (Lipinski definition) is 6. The summed E-state index contributed by atoms with van der Waals surface area (Å²) in [5, 5.41) is 0. The van der Waals surface area contributed by atoms with Crippen molar-refractivity contribution in [1.29, 1.82) is 0 Å². The first-order valence-electron chi connectivity index (χ1n) is 5.20. The SMILES string of the molecule is CN(c1cccc(F)c1)c1cc(NN)nc(N)n1. The van der Waals surface area contributed by atoms with Gasteiger partial charge in [-0.2, -0.15) is 9.97 Å². The fraction of sp³-hybridized carbons (Fsp3) is 0.0909. The van der Waals surface area contributed by atoms with Crippen LogP contribution in [0.3, 0.4) is 0 Å². The van der Waals surface area contributed by atoms with Crippen molar-refractivity contribution in [3.63, 3.8) is 0 Å². The molecule has 6 nitrogen and oxygen atoms in total. The van der Waals surface area contributed by atoms with Gasteiger partial charge in [0.25, 0.3) is 0 Å². The van der Waals surface area contributed by atoms with Crippen LogP contribution in [0.1, 0.15) is 0 Å². The zero-order chi connectivity index (χ0) is 13.1. The second-order valence-electron chi connectivity index (χ2n) is 3.65. The Morgan fingerprint density at radius 3 is 2.72 bits per heavy atom. The predicted molar refractivity (Wildman–Crippen MR) is 68.7 cm³/mol. The number of benzene rings is 1. The first-order chi connectivity index (χ1) is 8.60. The monoisotopic (exact) mass is 248 g/mol. The van der Waals surface area contributed by atoms with Crippen molar-refractivity contribution in [3.8, 4) is 0 Å². The topological polar surface area (TPSA) is 93.1 Å². The van der Waals surface area contributed by atoms with Crippen LogP contribution < -0.4 is 21.9 Å². The third-order valence-corrected chi connectivity index (χ3v) is 2.42. The molecular formula is C11H13FN6. The third-order valence-electron chi connectivity index (χ3n) is 2.42. The Bertz CT molecular complexity index is 559. The number of aromatic nitrogens is 2. The van der Waals surface area contributed by atoms with E-state index in [1.807, 2.05) is 0 Å². The Hall–Kier alpha value is -2.41. The fourth-order valence-corrected chi connectivity index (χ4v) is 1.52. The molecule has 0 atom stereocenters. The number of hydrogen-bond donors (Lipinski definition) is 3. The lowest BCUT2D eigenvalue weighted by Gasteiger charge is -2.19. The quantitative estimate of drug-likeness (QED) is 0.559. The lowest BCUT2D eigenvalue weighted by Crippen LogP contribution is -2.15. The molecule has 94 valence electrons. The zero-order valence-electron chi connectivity index (χ0n) is 9.76. The molecule has 7 heteroatoms. The van der Waals surface area contributed by atoms with E-state index in [1.54, 1.807) is 30.1 Å². The van der Waals surface area contributed by atoms with E-state index in [1.165, 1.54) is 12.1 Å². The molecule has 1 aromatic carbocycles. The zero-order valence-corrected chi connectivity index (χ0v) is 9.76. The molecule has 0 saturated carbocycles. The van der Waals surface area contributed by atoms with Crippen LogP contribution in [0.4, 0.5) is 27.7 Å². The molecule has 18 heavy (non-hydrogen) atoms. The van der Waals surface area contributed by atoms with E-state index in [0.717, 1.165) is 0 Å². The van der Waals surface area contributed by atoms with Crippen molar-refractivity contribution in [1.82, 2.24) is 9.97 Å². The van der Waals surface area contributed by atoms with Crippen LogP contribution in [0, 0.1) is 5.82 Å². The van der Waals surface area contributed by atoms with E-state index in [-0.39, 0.29) is 11.8 Å². The Morgan fingerprint density at radius 1 is 1.28 bits per heavy atom. The lowest BCUT2D eigenvalue weighted by atomic mass is 10.3. The van der Waals surface area contributed by atoms with Gasteiger partial charge in [0.05, 0.1) is 0 Å². The number of nitrogens with two attached hydrogens (primary N) is 2. The van der Waals surface area contributed by atoms with Gasteiger partial charge < -0.3 is 16.1 Å². The summed E-state index contributed by atoms with van der Waals surface area (Å²) in [7, 11) is 1.75. The molecule has 0 bridgehead atoms. The summed E-state index contributed by atoms with van der Waals surface area (Å²) < 4.78 is 13.2. The second kappa shape index (κ2) is 4.84. The van der Waals surface area contributed by atoms with Gasteiger partial charge >= 0.3 is 0 Å². The number of nitrogens with zero attached hydrogens (tertiary/aromatic N) is 3. The highest BCUT2D eigenvalue weighted by molar-refractivity contribution is 5.62. The normalized spacial score (nSPS) is 10.2. The summed E-state index contributed by atoms with van der Waals surface area (Å²) in [4.78, 5) is 9.62. The van der Waals surface area contributed by atoms with E-state index in [0.29, 0.717) is 17.3 Å². The van der Waals surface area contributed by atoms with Crippen molar-refractivity contribution in [2.45, 2.75) is 0 Å². The minimum absolute atomic E-state index is 0.0868. The molecule has 1 aromatic heterocycles. The summed E-state index contributed by atoms with van der Waals surface area (Å²) in [6.45, 7) is 0. The highest BCUT2D eigenvalue weighted by Gasteiger charge is 2.09. The van der Waals surface area contributed by atoms with Crippen molar-refractivity contribution in [2.24, 2.45) is 5.84 Å². The largest absolute Gasteiger partial charge is 0.368 e. The smallest absolute Gasteiger partial charge is 0.224 e. The number of nitrogens with one attached hydrogen (secondary N) is 1. The molecule has 0 aliphatic heterocycles. The van der Waals surface area contributed by atoms with Crippen molar-refractivity contribution in [2.75, 3.05) is 23.1 Å². The van der Waals surface area contributed by atoms with Gasteiger partial charge in [-0.1, -0.05) is 6.07 Å². The maximum Gasteiger partial charge on any atom is 0.224 e. The maximum absolute atomic E-state index is 13.2. The first kappa shape index (κ1) is 12.1. The van der Waals surface area contributed by atoms with Gasteiger partial charge in [-0.3, -0.25) is 0 Å². The van der Waals surface area contributed by atoms with Gasteiger partial charge in [-0.25, -0.2) is 10.2 Å². The fourth-order valence-electron chi connectivity index (χ4n) is 1.52. The molecule has 0 radical (unpaired) electrons. The van der Waals surface area contributed by atoms with Crippen LogP contribution in [0.25, 0.3) is 0 Å². The Kier molecular flexibility index (Phi) is 3.24. The molecule has 2 rings (SSSR count). The predicted octanol–water partition coefficient (Wildman–Crippen LogP) is 1.25. The van der Waals surface area contributed by atoms with Crippen LogP contribution >= 0.6 is 0 Å². The average molecular weight is 248 g/mol. The number of halogens is 1. The van der Waals surface area contributed by atoms with E-state index in [9.17, 15) is 4.39 Å². The van der Waals surface area contributed by atoms with Crippen LogP contribution in [0.5, 0.6) is 0 Å². The van der Waals surface area contributed by atoms with Crippen molar-refractivity contribution < 1.29 is 4.39 Å². The van der Waals surface area contributed by atoms with Crippen LogP contribution in [0.2, 0.25) is 0 Å². The van der Waals surface area contributed by atoms with Gasteiger partial charge in [0.2, 0.25) is 5.95 Å². The third kappa shape index (κ3) is 2.46. The minimum atomic E-state index is -0.321. The molecule has 0 fully saturated rings. The van der Waals surface area contributed by atoms with Gasteiger partial charge in [0, 0.05) is 18.8 Å². The van der Waals surface area contributed by atoms with E-state index >= 15 is 0 Å². The average Bonchev–Trinajstić information content (AvgIpc) is 2.37. The first-order valence-corrected chi connectivity index (χ1v) is 5.20. The summed E-state index contributed by atoms with van der Waals surface area (Å²) in [5.41, 5.74) is 8.61. The Balaban J connectivity index is 2.39. The summed E-state index contributed by atoms with van der Waals surface area (Å²) in [6, 6.07) is 7.76. The number of rotatable bonds is 3. The van der Waals surface area contributed by atoms with Crippen molar-refractivity contribution >= 4 is 23.3 Å². The number of nitrogen functional groups attached to an aromatic ring is 2. The highest BCUT2D eigenvalue weighted by Crippen LogP contribution is 2.24. The highest BCUT2D eigenvalue weighted by atomic mass is 19.1. The Morgan fingerprint density at radius 2 is 2.06 bits per heavy atom. The summed E-state index contributed by atoms with van der Waals surface area (Å²) in [5.74, 6) is 5.95. The molecule has 5 N–H and O–H groups in total. The molecule has 2 aromatic rings. The van der Waals surface area contributed by atoms with Crippen molar-refractivity contribution in [3.05, 3.63) is 36.1 Å². The van der Waals surface area contributed by atoms with Gasteiger partial charge in [-0.15, -0.1) is 0 Å². The number of hydrazine groups is 1. The van der Waals surface area contributed by atoms with E-state index in [4.69, 9.17) is 11.6 Å². The van der Waals surface area contributed by atoms with Crippen LogP contribution in [0.15, 0.2) is 30.3 Å². The molecule has 0 amide bonds. The molecule has 0 saturated heterocycles. The molecule has 1 heterocycles. The summed E-state index contributed by atoms with van der Waals surface area (Å²) in [6.07, 6.45) is 0. The molecule has 0 unspecified atom stereocenters. The van der Waals surface area contributed by atoms with Gasteiger partial charge in [-0.05, 0) is 18.2 Å². The van der Waals surface area contributed by atoms with Gasteiger partial charge in [0.1, 0.15) is 17.5 Å². The van der Waals surface area contributed by atoms with Crippen LogP contribution in [-0.2, 0) is 0 Å². The maximum atomic E-state index is 13.2. The second-order valence-corrected chi connectivity index (χ2v) is 3.65. The van der Waals surface area contributed by atoms with E-state index < -0.39 is 0 Å². The molecule has 0 aliphatic carbocycles. The minimum Gasteiger partial charge on any atom is -0.368 e. The summed E-state index contributed by atoms with van der Waals surface area (Å²) >= 11 is 0. The molecule has 0 aliphatic rings. The van der Waals surface area contributed by atoms with E-state index in [2.05, 4.69) is 15.4 Å². The van der Waals surface area contributed by atoms with Gasteiger partial charge in [0.15, 0.2) is 0 Å². The lowest BCUT2D eigenvalue weighted by molar-refractivity contribution is 0.628. The Labute approximate surface area is 103 Å². The number of anilines is 4. The molecular weight excluding hydrogens is 235 g/mol.